The predicted octanol–water partition coefficient (Wildman–Crippen LogP) is -0.121. The fourth-order valence-electron chi connectivity index (χ4n) is 0.373. The Balaban J connectivity index is 3.22. The Morgan fingerprint density at radius 3 is 3.00 bits per heavy atom. The molecule has 1 radical (unpaired) electrons. The van der Waals surface area contributed by atoms with Gasteiger partial charge in [0, 0.05) is 6.20 Å². The van der Waals surface area contributed by atoms with Crippen LogP contribution in [0.25, 0.3) is 0 Å². The molecule has 0 saturated carbocycles. The van der Waals surface area contributed by atoms with Crippen molar-refractivity contribution in [2.24, 2.45) is 0 Å². The van der Waals surface area contributed by atoms with Crippen molar-refractivity contribution in [3.05, 3.63) is 28.4 Å². The van der Waals surface area contributed by atoms with Gasteiger partial charge in [0.15, 0.2) is 6.20 Å². The molecule has 1 rings (SSSR count). The van der Waals surface area contributed by atoms with Gasteiger partial charge in [-0.15, -0.1) is 0 Å². The van der Waals surface area contributed by atoms with Crippen LogP contribution in [0, 0.1) is 13.1 Å². The highest BCUT2D eigenvalue weighted by molar-refractivity contribution is 4.88. The molecule has 3 nitrogen and oxygen atoms in total. The Bertz CT molecular complexity index is 208. The summed E-state index contributed by atoms with van der Waals surface area (Å²) in [4.78, 5) is 16.3. The first-order chi connectivity index (χ1) is 3.79. The highest BCUT2D eigenvalue weighted by Gasteiger charge is 1.81. The lowest BCUT2D eigenvalue weighted by Gasteiger charge is -1.82. The molecule has 0 aliphatic heterocycles. The summed E-state index contributed by atoms with van der Waals surface area (Å²) in [6, 6.07) is 0. The molecule has 0 fully saturated rings. The van der Waals surface area contributed by atoms with E-state index in [2.05, 4.69) is 16.2 Å². The topological polar surface area (TPSA) is 45.8 Å². The second kappa shape index (κ2) is 1.78. The van der Waals surface area contributed by atoms with Crippen LogP contribution in [0.1, 0.15) is 5.69 Å². The highest BCUT2D eigenvalue weighted by atomic mass is 16.1. The summed E-state index contributed by atoms with van der Waals surface area (Å²) in [6.07, 6.45) is 3.78. The quantitative estimate of drug-likeness (QED) is 0.504. The molecule has 1 heterocycles. The fourth-order valence-corrected chi connectivity index (χ4v) is 0.373. The Hall–Kier alpha value is -1.12. The zero-order valence-corrected chi connectivity index (χ0v) is 4.43. The van der Waals surface area contributed by atoms with Gasteiger partial charge in [-0.1, -0.05) is 0 Å². The molecule has 1 N–H and O–H groups in total. The number of aromatic nitrogens is 2. The lowest BCUT2D eigenvalue weighted by Crippen LogP contribution is -2.04. The first-order valence-electron chi connectivity index (χ1n) is 2.23. The molecule has 1 aromatic rings. The van der Waals surface area contributed by atoms with E-state index in [9.17, 15) is 4.79 Å². The molecule has 0 aromatic carbocycles. The van der Waals surface area contributed by atoms with Crippen LogP contribution in [0.4, 0.5) is 0 Å². The standard InChI is InChI=1S/C5H5N2O/c1-4-2-7-5(8)3-6-4/h2H,1H3,(H,7,8). The van der Waals surface area contributed by atoms with E-state index in [0.29, 0.717) is 0 Å². The van der Waals surface area contributed by atoms with Crippen molar-refractivity contribution in [1.29, 1.82) is 0 Å². The van der Waals surface area contributed by atoms with Crippen molar-refractivity contribution in [1.82, 2.24) is 9.97 Å². The number of nitrogens with one attached hydrogen (secondary N) is 1. The SMILES string of the molecule is Cc1c[nH]c(=O)[c]n1. The lowest BCUT2D eigenvalue weighted by atomic mass is 10.5. The van der Waals surface area contributed by atoms with Gasteiger partial charge in [-0.05, 0) is 6.92 Å². The van der Waals surface area contributed by atoms with Crippen LogP contribution in [0.5, 0.6) is 0 Å². The van der Waals surface area contributed by atoms with Gasteiger partial charge in [-0.25, -0.2) is 4.98 Å². The number of H-pyrrole nitrogens is 1. The Labute approximate surface area is 46.4 Å². The lowest BCUT2D eigenvalue weighted by molar-refractivity contribution is 1.06. The average Bonchev–Trinajstić information content (AvgIpc) is 1.77. The van der Waals surface area contributed by atoms with E-state index < -0.39 is 0 Å². The van der Waals surface area contributed by atoms with Crippen molar-refractivity contribution in [3.63, 3.8) is 0 Å². The number of nitrogens with zero attached hydrogens (tertiary/aromatic N) is 1. The molecule has 1 aromatic heterocycles. The molecule has 0 aliphatic carbocycles. The Morgan fingerprint density at radius 2 is 2.62 bits per heavy atom. The first-order valence-corrected chi connectivity index (χ1v) is 2.23. The summed E-state index contributed by atoms with van der Waals surface area (Å²) in [5.41, 5.74) is 0.486. The van der Waals surface area contributed by atoms with Gasteiger partial charge in [0.25, 0.3) is 5.56 Å². The number of aromatic amines is 1. The van der Waals surface area contributed by atoms with E-state index in [0.717, 1.165) is 5.69 Å². The Morgan fingerprint density at radius 1 is 1.88 bits per heavy atom. The average molecular weight is 109 g/mol. The number of hydrogen-bond donors (Lipinski definition) is 1. The van der Waals surface area contributed by atoms with Crippen molar-refractivity contribution in [2.75, 3.05) is 0 Å². The van der Waals surface area contributed by atoms with Crippen LogP contribution in [-0.2, 0) is 0 Å². The van der Waals surface area contributed by atoms with Gasteiger partial charge in [-0.3, -0.25) is 4.79 Å². The van der Waals surface area contributed by atoms with E-state index >= 15 is 0 Å². The van der Waals surface area contributed by atoms with E-state index in [1.165, 1.54) is 0 Å². The summed E-state index contributed by atoms with van der Waals surface area (Å²) in [5.74, 6) is 0. The summed E-state index contributed by atoms with van der Waals surface area (Å²) < 4.78 is 0. The summed E-state index contributed by atoms with van der Waals surface area (Å²) in [7, 11) is 0. The summed E-state index contributed by atoms with van der Waals surface area (Å²) >= 11 is 0. The second-order valence-electron chi connectivity index (χ2n) is 1.48. The molecule has 41 valence electrons. The van der Waals surface area contributed by atoms with Gasteiger partial charge in [-0.2, -0.15) is 0 Å². The third-order valence-electron chi connectivity index (χ3n) is 0.746. The van der Waals surface area contributed by atoms with Crippen molar-refractivity contribution < 1.29 is 0 Å². The Kier molecular flexibility index (Phi) is 1.12. The van der Waals surface area contributed by atoms with Crippen molar-refractivity contribution in [3.8, 4) is 0 Å². The van der Waals surface area contributed by atoms with Gasteiger partial charge in [0.1, 0.15) is 0 Å². The van der Waals surface area contributed by atoms with Crippen LogP contribution in [0.2, 0.25) is 0 Å². The third-order valence-corrected chi connectivity index (χ3v) is 0.746. The van der Waals surface area contributed by atoms with Crippen LogP contribution in [-0.4, -0.2) is 9.97 Å². The van der Waals surface area contributed by atoms with Gasteiger partial charge in [0.05, 0.1) is 5.69 Å². The van der Waals surface area contributed by atoms with E-state index in [1.54, 1.807) is 13.1 Å². The molecule has 0 bridgehead atoms. The number of rotatable bonds is 0. The minimum atomic E-state index is -0.282. The molecular formula is C5H5N2O. The minimum Gasteiger partial charge on any atom is -0.325 e. The second-order valence-corrected chi connectivity index (χ2v) is 1.48. The highest BCUT2D eigenvalue weighted by Crippen LogP contribution is 1.76. The van der Waals surface area contributed by atoms with Crippen LogP contribution >= 0.6 is 0 Å². The van der Waals surface area contributed by atoms with Gasteiger partial charge < -0.3 is 4.98 Å². The number of aryl methyl sites for hydroxylation is 1. The minimum absolute atomic E-state index is 0.282. The predicted molar refractivity (Wildman–Crippen MR) is 28.4 cm³/mol. The summed E-state index contributed by atoms with van der Waals surface area (Å²) in [6.45, 7) is 1.78. The maximum absolute atomic E-state index is 10.2. The van der Waals surface area contributed by atoms with Gasteiger partial charge in [0.2, 0.25) is 0 Å². The van der Waals surface area contributed by atoms with Crippen LogP contribution < -0.4 is 5.56 Å². The molecule has 0 atom stereocenters. The van der Waals surface area contributed by atoms with Crippen molar-refractivity contribution in [2.45, 2.75) is 6.92 Å². The van der Waals surface area contributed by atoms with Crippen molar-refractivity contribution >= 4 is 0 Å². The molecule has 0 spiro atoms. The first kappa shape index (κ1) is 5.03. The molecule has 0 unspecified atom stereocenters. The maximum Gasteiger partial charge on any atom is 0.276 e. The maximum atomic E-state index is 10.2. The third kappa shape index (κ3) is 0.932. The number of hydrogen-bond acceptors (Lipinski definition) is 2. The van der Waals surface area contributed by atoms with Crippen LogP contribution in [0.15, 0.2) is 11.0 Å². The zero-order chi connectivity index (χ0) is 5.98. The van der Waals surface area contributed by atoms with Gasteiger partial charge >= 0.3 is 0 Å². The van der Waals surface area contributed by atoms with E-state index in [-0.39, 0.29) is 5.56 Å². The summed E-state index contributed by atoms with van der Waals surface area (Å²) in [5, 5.41) is 0. The molecule has 0 aliphatic rings. The zero-order valence-electron chi connectivity index (χ0n) is 4.43. The van der Waals surface area contributed by atoms with E-state index in [1.807, 2.05) is 0 Å². The fraction of sp³-hybridized carbons (Fsp3) is 0.200. The van der Waals surface area contributed by atoms with Crippen LogP contribution in [0.3, 0.4) is 0 Å². The smallest absolute Gasteiger partial charge is 0.276 e. The molecule has 8 heavy (non-hydrogen) atoms. The monoisotopic (exact) mass is 109 g/mol. The van der Waals surface area contributed by atoms with E-state index in [4.69, 9.17) is 0 Å². The molecule has 0 amide bonds. The molecule has 0 saturated heterocycles. The normalized spacial score (nSPS) is 9.12. The molecule has 3 heteroatoms. The largest absolute Gasteiger partial charge is 0.325 e. The molecular weight excluding hydrogens is 104 g/mol.